The van der Waals surface area contributed by atoms with Gasteiger partial charge in [0.2, 0.25) is 0 Å². The molecule has 14 heavy (non-hydrogen) atoms. The first-order chi connectivity index (χ1) is 6.40. The first-order valence-corrected chi connectivity index (χ1v) is 4.09. The Morgan fingerprint density at radius 3 is 2.43 bits per heavy atom. The van der Waals surface area contributed by atoms with E-state index in [-0.39, 0.29) is 11.6 Å². The van der Waals surface area contributed by atoms with Gasteiger partial charge in [-0.2, -0.15) is 0 Å². The van der Waals surface area contributed by atoms with E-state index < -0.39 is 12.1 Å². The lowest BCUT2D eigenvalue weighted by Gasteiger charge is -2.09. The van der Waals surface area contributed by atoms with Crippen molar-refractivity contribution in [1.29, 1.82) is 0 Å². The second-order valence-corrected chi connectivity index (χ2v) is 2.78. The van der Waals surface area contributed by atoms with Gasteiger partial charge >= 0.3 is 6.36 Å². The largest absolute Gasteiger partial charge is 0.573 e. The molecule has 0 aliphatic carbocycles. The fraction of sp³-hybridized carbons (Fsp3) is 0.250. The predicted octanol–water partition coefficient (Wildman–Crippen LogP) is 3.03. The fourth-order valence-corrected chi connectivity index (χ4v) is 1.07. The Labute approximate surface area is 82.9 Å². The van der Waals surface area contributed by atoms with E-state index in [0.717, 1.165) is 12.1 Å². The highest BCUT2D eigenvalue weighted by atomic mass is 35.5. The van der Waals surface area contributed by atoms with Crippen molar-refractivity contribution < 1.29 is 23.0 Å². The van der Waals surface area contributed by atoms with Crippen molar-refractivity contribution >= 4 is 11.6 Å². The molecule has 1 N–H and O–H groups in total. The minimum Gasteiger partial charge on any atom is -0.508 e. The molecule has 78 valence electrons. The molecule has 6 heteroatoms. The number of phenols is 1. The van der Waals surface area contributed by atoms with Crippen molar-refractivity contribution in [3.8, 4) is 11.5 Å². The number of rotatable bonds is 2. The van der Waals surface area contributed by atoms with Crippen LogP contribution in [-0.2, 0) is 5.88 Å². The standard InChI is InChI=1S/C8H6ClF3O2/c9-4-5-1-6(13)3-7(2-5)14-8(10,11)12/h1-3,13H,4H2. The number of aromatic hydroxyl groups is 1. The summed E-state index contributed by atoms with van der Waals surface area (Å²) in [4.78, 5) is 0. The molecule has 0 aromatic heterocycles. The van der Waals surface area contributed by atoms with E-state index in [2.05, 4.69) is 4.74 Å². The van der Waals surface area contributed by atoms with Gasteiger partial charge in [0.1, 0.15) is 11.5 Å². The predicted molar refractivity (Wildman–Crippen MR) is 44.3 cm³/mol. The number of phenolic OH excluding ortho intramolecular Hbond substituents is 1. The Morgan fingerprint density at radius 1 is 1.29 bits per heavy atom. The second kappa shape index (κ2) is 3.96. The molecule has 0 bridgehead atoms. The van der Waals surface area contributed by atoms with Crippen molar-refractivity contribution in [2.24, 2.45) is 0 Å². The van der Waals surface area contributed by atoms with Crippen LogP contribution in [0, 0.1) is 0 Å². The number of ether oxygens (including phenoxy) is 1. The van der Waals surface area contributed by atoms with Crippen molar-refractivity contribution in [3.63, 3.8) is 0 Å². The molecule has 2 nitrogen and oxygen atoms in total. The number of benzene rings is 1. The zero-order valence-corrected chi connectivity index (χ0v) is 7.56. The van der Waals surface area contributed by atoms with Gasteiger partial charge in [-0.15, -0.1) is 24.8 Å². The molecule has 0 aliphatic heterocycles. The third-order valence-corrected chi connectivity index (χ3v) is 1.65. The molecule has 1 aromatic carbocycles. The Kier molecular flexibility index (Phi) is 3.10. The third-order valence-electron chi connectivity index (χ3n) is 1.34. The lowest BCUT2D eigenvalue weighted by molar-refractivity contribution is -0.274. The van der Waals surface area contributed by atoms with Crippen LogP contribution in [0.3, 0.4) is 0 Å². The zero-order valence-electron chi connectivity index (χ0n) is 6.81. The number of halogens is 4. The van der Waals surface area contributed by atoms with Gasteiger partial charge < -0.3 is 9.84 Å². The number of hydrogen-bond acceptors (Lipinski definition) is 2. The van der Waals surface area contributed by atoms with Crippen LogP contribution in [0.1, 0.15) is 5.56 Å². The maximum atomic E-state index is 11.8. The van der Waals surface area contributed by atoms with E-state index in [0.29, 0.717) is 5.56 Å². The SMILES string of the molecule is Oc1cc(CCl)cc(OC(F)(F)F)c1. The van der Waals surface area contributed by atoms with E-state index in [1.165, 1.54) is 6.07 Å². The molecule has 0 aliphatic rings. The summed E-state index contributed by atoms with van der Waals surface area (Å²) in [6.45, 7) is 0. The van der Waals surface area contributed by atoms with Crippen LogP contribution in [0.2, 0.25) is 0 Å². The van der Waals surface area contributed by atoms with E-state index >= 15 is 0 Å². The normalized spacial score (nSPS) is 11.4. The smallest absolute Gasteiger partial charge is 0.508 e. The van der Waals surface area contributed by atoms with Crippen LogP contribution in [0.15, 0.2) is 18.2 Å². The van der Waals surface area contributed by atoms with E-state index in [1.54, 1.807) is 0 Å². The van der Waals surface area contributed by atoms with Gasteiger partial charge in [0, 0.05) is 11.9 Å². The third kappa shape index (κ3) is 3.33. The van der Waals surface area contributed by atoms with Gasteiger partial charge in [-0.3, -0.25) is 0 Å². The molecule has 0 radical (unpaired) electrons. The van der Waals surface area contributed by atoms with Crippen molar-refractivity contribution in [2.45, 2.75) is 12.2 Å². The quantitative estimate of drug-likeness (QED) is 0.786. The minimum absolute atomic E-state index is 0.00260. The van der Waals surface area contributed by atoms with E-state index in [4.69, 9.17) is 16.7 Å². The molecule has 0 saturated carbocycles. The highest BCUT2D eigenvalue weighted by Gasteiger charge is 2.31. The molecule has 1 rings (SSSR count). The fourth-order valence-electron chi connectivity index (χ4n) is 0.913. The molecular weight excluding hydrogens is 221 g/mol. The first kappa shape index (κ1) is 11.0. The van der Waals surface area contributed by atoms with Crippen molar-refractivity contribution in [2.75, 3.05) is 0 Å². The monoisotopic (exact) mass is 226 g/mol. The average molecular weight is 227 g/mol. The average Bonchev–Trinajstić information content (AvgIpc) is 1.99. The van der Waals surface area contributed by atoms with Gasteiger partial charge in [0.05, 0.1) is 0 Å². The summed E-state index contributed by atoms with van der Waals surface area (Å²) in [5.74, 6) is -0.793. The molecule has 1 aromatic rings. The Balaban J connectivity index is 2.92. The van der Waals surface area contributed by atoms with Crippen molar-refractivity contribution in [3.05, 3.63) is 23.8 Å². The number of hydrogen-bond donors (Lipinski definition) is 1. The Morgan fingerprint density at radius 2 is 1.93 bits per heavy atom. The van der Waals surface area contributed by atoms with Gasteiger partial charge in [-0.1, -0.05) is 0 Å². The minimum atomic E-state index is -4.77. The van der Waals surface area contributed by atoms with Gasteiger partial charge in [0.15, 0.2) is 0 Å². The van der Waals surface area contributed by atoms with Crippen LogP contribution in [0.25, 0.3) is 0 Å². The topological polar surface area (TPSA) is 29.5 Å². The van der Waals surface area contributed by atoms with Gasteiger partial charge in [-0.05, 0) is 17.7 Å². The van der Waals surface area contributed by atoms with Crippen molar-refractivity contribution in [1.82, 2.24) is 0 Å². The molecule has 0 heterocycles. The van der Waals surface area contributed by atoms with E-state index in [1.807, 2.05) is 0 Å². The summed E-state index contributed by atoms with van der Waals surface area (Å²) in [5, 5.41) is 9.02. The van der Waals surface area contributed by atoms with Gasteiger partial charge in [0.25, 0.3) is 0 Å². The molecule has 0 amide bonds. The second-order valence-electron chi connectivity index (χ2n) is 2.52. The summed E-state index contributed by atoms with van der Waals surface area (Å²) in [6.07, 6.45) is -4.77. The highest BCUT2D eigenvalue weighted by molar-refractivity contribution is 6.17. The van der Waals surface area contributed by atoms with Crippen LogP contribution in [0.4, 0.5) is 13.2 Å². The Bertz CT molecular complexity index is 325. The lowest BCUT2D eigenvalue weighted by Crippen LogP contribution is -2.17. The van der Waals surface area contributed by atoms with Crippen LogP contribution >= 0.6 is 11.6 Å². The van der Waals surface area contributed by atoms with Crippen LogP contribution in [0.5, 0.6) is 11.5 Å². The summed E-state index contributed by atoms with van der Waals surface area (Å²) in [6, 6.07) is 3.24. The molecule has 0 spiro atoms. The van der Waals surface area contributed by atoms with Crippen LogP contribution in [-0.4, -0.2) is 11.5 Å². The first-order valence-electron chi connectivity index (χ1n) is 3.55. The summed E-state index contributed by atoms with van der Waals surface area (Å²) < 4.78 is 38.9. The summed E-state index contributed by atoms with van der Waals surface area (Å²) >= 11 is 5.39. The van der Waals surface area contributed by atoms with Crippen LogP contribution < -0.4 is 4.74 Å². The lowest BCUT2D eigenvalue weighted by atomic mass is 10.2. The maximum absolute atomic E-state index is 11.8. The molecular formula is C8H6ClF3O2. The molecule has 0 unspecified atom stereocenters. The summed E-state index contributed by atoms with van der Waals surface area (Å²) in [7, 11) is 0. The summed E-state index contributed by atoms with van der Waals surface area (Å²) in [5.41, 5.74) is 0.353. The van der Waals surface area contributed by atoms with Gasteiger partial charge in [-0.25, -0.2) is 0 Å². The number of alkyl halides is 4. The molecule has 0 fully saturated rings. The highest BCUT2D eigenvalue weighted by Crippen LogP contribution is 2.27. The van der Waals surface area contributed by atoms with E-state index in [9.17, 15) is 13.2 Å². The molecule has 0 saturated heterocycles. The Hall–Kier alpha value is -1.10. The maximum Gasteiger partial charge on any atom is 0.573 e. The zero-order chi connectivity index (χ0) is 10.8. The molecule has 0 atom stereocenters.